The highest BCUT2D eigenvalue weighted by Gasteiger charge is 2.27. The van der Waals surface area contributed by atoms with E-state index in [9.17, 15) is 5.11 Å². The van der Waals surface area contributed by atoms with Crippen LogP contribution in [-0.2, 0) is 0 Å². The smallest absolute Gasteiger partial charge is 0.0568 e. The summed E-state index contributed by atoms with van der Waals surface area (Å²) in [4.78, 5) is 0. The van der Waals surface area contributed by atoms with Crippen LogP contribution in [0, 0.1) is 11.8 Å². The maximum atomic E-state index is 10.1. The van der Waals surface area contributed by atoms with E-state index in [1.54, 1.807) is 0 Å². The molecule has 17 heavy (non-hydrogen) atoms. The number of rotatable bonds is 8. The van der Waals surface area contributed by atoms with E-state index in [4.69, 9.17) is 0 Å². The van der Waals surface area contributed by atoms with E-state index in [1.807, 2.05) is 0 Å². The molecule has 0 aromatic heterocycles. The van der Waals surface area contributed by atoms with Crippen LogP contribution in [0.1, 0.15) is 84.5 Å². The van der Waals surface area contributed by atoms with E-state index < -0.39 is 0 Å². The van der Waals surface area contributed by atoms with Gasteiger partial charge in [0, 0.05) is 0 Å². The van der Waals surface area contributed by atoms with Crippen molar-refractivity contribution >= 4 is 0 Å². The van der Waals surface area contributed by atoms with E-state index in [0.29, 0.717) is 5.92 Å². The molecule has 102 valence electrons. The molecule has 1 fully saturated rings. The molecule has 0 heterocycles. The Bertz CT molecular complexity index is 178. The molecule has 1 N–H and O–H groups in total. The highest BCUT2D eigenvalue weighted by atomic mass is 16.3. The first-order valence-corrected chi connectivity index (χ1v) is 7.96. The van der Waals surface area contributed by atoms with Crippen molar-refractivity contribution in [3.63, 3.8) is 0 Å². The van der Waals surface area contributed by atoms with E-state index in [-0.39, 0.29) is 6.10 Å². The van der Waals surface area contributed by atoms with Crippen LogP contribution in [0.5, 0.6) is 0 Å². The Hall–Kier alpha value is -0.0400. The van der Waals surface area contributed by atoms with Gasteiger partial charge in [0.15, 0.2) is 0 Å². The third kappa shape index (κ3) is 5.90. The summed E-state index contributed by atoms with van der Waals surface area (Å²) in [5.41, 5.74) is 0. The van der Waals surface area contributed by atoms with Crippen LogP contribution in [0.3, 0.4) is 0 Å². The van der Waals surface area contributed by atoms with Crippen LogP contribution in [0.2, 0.25) is 0 Å². The molecule has 3 unspecified atom stereocenters. The molecule has 0 aromatic rings. The van der Waals surface area contributed by atoms with Crippen molar-refractivity contribution in [3.05, 3.63) is 0 Å². The Kier molecular flexibility index (Phi) is 7.92. The summed E-state index contributed by atoms with van der Waals surface area (Å²) in [5.74, 6) is 1.52. The third-order valence-corrected chi connectivity index (χ3v) is 4.43. The first kappa shape index (κ1) is 15.0. The van der Waals surface area contributed by atoms with Crippen molar-refractivity contribution in [2.75, 3.05) is 0 Å². The van der Waals surface area contributed by atoms with Crippen LogP contribution in [0.4, 0.5) is 0 Å². The minimum atomic E-state index is 0.00859. The number of aliphatic hydroxyl groups is 1. The lowest BCUT2D eigenvalue weighted by Crippen LogP contribution is -2.29. The second-order valence-corrected chi connectivity index (χ2v) is 6.00. The fourth-order valence-electron chi connectivity index (χ4n) is 3.34. The van der Waals surface area contributed by atoms with E-state index in [1.165, 1.54) is 64.2 Å². The van der Waals surface area contributed by atoms with Gasteiger partial charge in [-0.1, -0.05) is 58.8 Å². The zero-order valence-corrected chi connectivity index (χ0v) is 12.0. The molecule has 0 aliphatic heterocycles. The molecule has 0 saturated heterocycles. The molecule has 1 heteroatoms. The molecular formula is C16H32O. The van der Waals surface area contributed by atoms with Crippen molar-refractivity contribution in [3.8, 4) is 0 Å². The number of unbranched alkanes of at least 4 members (excludes halogenated alkanes) is 4. The average molecular weight is 240 g/mol. The second kappa shape index (κ2) is 8.97. The van der Waals surface area contributed by atoms with Gasteiger partial charge in [-0.2, -0.15) is 0 Å². The fourth-order valence-corrected chi connectivity index (χ4v) is 3.34. The third-order valence-electron chi connectivity index (χ3n) is 4.43. The Labute approximate surface area is 108 Å². The minimum Gasteiger partial charge on any atom is -0.393 e. The predicted molar refractivity (Wildman–Crippen MR) is 75.1 cm³/mol. The molecule has 1 nitrogen and oxygen atoms in total. The van der Waals surface area contributed by atoms with Crippen molar-refractivity contribution in [1.29, 1.82) is 0 Å². The first-order chi connectivity index (χ1) is 8.27. The Balaban J connectivity index is 2.15. The van der Waals surface area contributed by atoms with E-state index in [2.05, 4.69) is 13.8 Å². The Morgan fingerprint density at radius 1 is 0.882 bits per heavy atom. The fraction of sp³-hybridized carbons (Fsp3) is 1.00. The summed E-state index contributed by atoms with van der Waals surface area (Å²) < 4.78 is 0. The molecule has 0 spiro atoms. The van der Waals surface area contributed by atoms with Gasteiger partial charge in [0.05, 0.1) is 6.10 Å². The van der Waals surface area contributed by atoms with Crippen LogP contribution >= 0.6 is 0 Å². The normalized spacial score (nSPS) is 29.5. The van der Waals surface area contributed by atoms with Gasteiger partial charge in [0.2, 0.25) is 0 Å². The predicted octanol–water partition coefficient (Wildman–Crippen LogP) is 4.92. The van der Waals surface area contributed by atoms with Gasteiger partial charge < -0.3 is 5.11 Å². The van der Waals surface area contributed by atoms with Crippen molar-refractivity contribution in [1.82, 2.24) is 0 Å². The van der Waals surface area contributed by atoms with Gasteiger partial charge in [-0.25, -0.2) is 0 Å². The van der Waals surface area contributed by atoms with Gasteiger partial charge in [-0.05, 0) is 37.5 Å². The van der Waals surface area contributed by atoms with Gasteiger partial charge in [0.25, 0.3) is 0 Å². The number of aliphatic hydroxyl groups excluding tert-OH is 1. The summed E-state index contributed by atoms with van der Waals surface area (Å²) in [6, 6.07) is 0. The molecule has 0 radical (unpaired) electrons. The molecule has 1 saturated carbocycles. The number of hydrogen-bond donors (Lipinski definition) is 1. The highest BCUT2D eigenvalue weighted by Crippen LogP contribution is 2.34. The molecule has 1 rings (SSSR count). The Morgan fingerprint density at radius 3 is 2.35 bits per heavy atom. The largest absolute Gasteiger partial charge is 0.393 e. The summed E-state index contributed by atoms with van der Waals surface area (Å²) >= 11 is 0. The summed E-state index contributed by atoms with van der Waals surface area (Å²) in [7, 11) is 0. The molecule has 0 amide bonds. The van der Waals surface area contributed by atoms with Gasteiger partial charge >= 0.3 is 0 Å². The Morgan fingerprint density at radius 2 is 1.65 bits per heavy atom. The highest BCUT2D eigenvalue weighted by molar-refractivity contribution is 4.79. The second-order valence-electron chi connectivity index (χ2n) is 6.00. The quantitative estimate of drug-likeness (QED) is 0.597. The lowest BCUT2D eigenvalue weighted by atomic mass is 9.75. The van der Waals surface area contributed by atoms with Crippen molar-refractivity contribution in [2.24, 2.45) is 11.8 Å². The maximum absolute atomic E-state index is 10.1. The topological polar surface area (TPSA) is 20.2 Å². The van der Waals surface area contributed by atoms with Gasteiger partial charge in [0.1, 0.15) is 0 Å². The zero-order valence-electron chi connectivity index (χ0n) is 12.0. The van der Waals surface area contributed by atoms with E-state index in [0.717, 1.165) is 12.3 Å². The SMILES string of the molecule is CCCCCCCC1CC(CCC)CCC1O. The standard InChI is InChI=1S/C16H32O/c1-3-5-6-7-8-10-15-13-14(9-4-2)11-12-16(15)17/h14-17H,3-13H2,1-2H3. The van der Waals surface area contributed by atoms with Crippen LogP contribution in [-0.4, -0.2) is 11.2 Å². The summed E-state index contributed by atoms with van der Waals surface area (Å²) in [5, 5.41) is 10.1. The summed E-state index contributed by atoms with van der Waals surface area (Å²) in [6.07, 6.45) is 14.4. The van der Waals surface area contributed by atoms with Gasteiger partial charge in [-0.15, -0.1) is 0 Å². The molecule has 1 aliphatic carbocycles. The number of hydrogen-bond acceptors (Lipinski definition) is 1. The van der Waals surface area contributed by atoms with Crippen molar-refractivity contribution < 1.29 is 5.11 Å². The lowest BCUT2D eigenvalue weighted by molar-refractivity contribution is 0.0405. The van der Waals surface area contributed by atoms with Crippen LogP contribution in [0.15, 0.2) is 0 Å². The molecular weight excluding hydrogens is 208 g/mol. The molecule has 0 aromatic carbocycles. The van der Waals surface area contributed by atoms with Crippen molar-refractivity contribution in [2.45, 2.75) is 90.6 Å². The van der Waals surface area contributed by atoms with Crippen LogP contribution in [0.25, 0.3) is 0 Å². The van der Waals surface area contributed by atoms with Gasteiger partial charge in [-0.3, -0.25) is 0 Å². The molecule has 1 aliphatic rings. The average Bonchev–Trinajstić information content (AvgIpc) is 2.33. The zero-order chi connectivity index (χ0) is 12.5. The van der Waals surface area contributed by atoms with Crippen LogP contribution < -0.4 is 0 Å². The van der Waals surface area contributed by atoms with E-state index >= 15 is 0 Å². The first-order valence-electron chi connectivity index (χ1n) is 7.96. The molecule has 0 bridgehead atoms. The lowest BCUT2D eigenvalue weighted by Gasteiger charge is -2.33. The molecule has 3 atom stereocenters. The monoisotopic (exact) mass is 240 g/mol. The summed E-state index contributed by atoms with van der Waals surface area (Å²) in [6.45, 7) is 4.55. The maximum Gasteiger partial charge on any atom is 0.0568 e. The minimum absolute atomic E-state index is 0.00859.